The molecule has 0 bridgehead atoms. The summed E-state index contributed by atoms with van der Waals surface area (Å²) < 4.78 is 62.5. The molecule has 0 spiro atoms. The van der Waals surface area contributed by atoms with Crippen molar-refractivity contribution < 1.29 is 26.4 Å². The Hall–Kier alpha value is -2.46. The Morgan fingerprint density at radius 2 is 1.72 bits per heavy atom. The van der Waals surface area contributed by atoms with Gasteiger partial charge in [0, 0.05) is 38.9 Å². The van der Waals surface area contributed by atoms with E-state index in [0.29, 0.717) is 26.1 Å². The van der Waals surface area contributed by atoms with Gasteiger partial charge in [0.15, 0.2) is 5.03 Å². The van der Waals surface area contributed by atoms with Crippen molar-refractivity contribution in [3.8, 4) is 0 Å². The van der Waals surface area contributed by atoms with Gasteiger partial charge in [-0.2, -0.15) is 13.2 Å². The standard InChI is InChI=1S/C19H20F3N3O3S/c20-19(21,22)29(27,28)17-16(8-4-9-23-17)18(26)25-11-5-10-24(12-13-25)14-15-6-2-1-3-7-15/h1-4,6-9H,5,10-14H2. The minimum Gasteiger partial charge on any atom is -0.337 e. The van der Waals surface area contributed by atoms with Crippen LogP contribution >= 0.6 is 0 Å². The SMILES string of the molecule is O=C(c1cccnc1S(=O)(=O)C(F)(F)F)N1CCCN(Cc2ccccc2)CC1. The number of hydrogen-bond acceptors (Lipinski definition) is 5. The highest BCUT2D eigenvalue weighted by atomic mass is 32.2. The molecule has 1 aliphatic heterocycles. The molecule has 1 amide bonds. The largest absolute Gasteiger partial charge is 0.503 e. The van der Waals surface area contributed by atoms with E-state index in [4.69, 9.17) is 0 Å². The van der Waals surface area contributed by atoms with Crippen LogP contribution in [0.2, 0.25) is 0 Å². The van der Waals surface area contributed by atoms with Crippen molar-refractivity contribution in [2.75, 3.05) is 26.2 Å². The number of aromatic nitrogens is 1. The van der Waals surface area contributed by atoms with Gasteiger partial charge in [-0.15, -0.1) is 0 Å². The van der Waals surface area contributed by atoms with Crippen molar-refractivity contribution in [3.63, 3.8) is 0 Å². The Balaban J connectivity index is 1.77. The van der Waals surface area contributed by atoms with Crippen LogP contribution in [0.4, 0.5) is 13.2 Å². The first-order valence-electron chi connectivity index (χ1n) is 9.02. The number of rotatable bonds is 4. The molecule has 1 fully saturated rings. The molecule has 0 radical (unpaired) electrons. The van der Waals surface area contributed by atoms with Crippen LogP contribution in [-0.2, 0) is 16.4 Å². The van der Waals surface area contributed by atoms with Gasteiger partial charge in [-0.1, -0.05) is 30.3 Å². The summed E-state index contributed by atoms with van der Waals surface area (Å²) in [5.41, 5.74) is -4.96. The molecule has 0 N–H and O–H groups in total. The molecule has 29 heavy (non-hydrogen) atoms. The van der Waals surface area contributed by atoms with E-state index in [2.05, 4.69) is 9.88 Å². The van der Waals surface area contributed by atoms with E-state index in [0.717, 1.165) is 24.4 Å². The zero-order chi connectivity index (χ0) is 21.1. The number of halogens is 3. The summed E-state index contributed by atoms with van der Waals surface area (Å²) in [4.78, 5) is 19.7. The fourth-order valence-electron chi connectivity index (χ4n) is 3.22. The highest BCUT2D eigenvalue weighted by molar-refractivity contribution is 7.92. The first-order chi connectivity index (χ1) is 13.7. The van der Waals surface area contributed by atoms with Gasteiger partial charge < -0.3 is 4.90 Å². The first kappa shape index (κ1) is 21.3. The van der Waals surface area contributed by atoms with Gasteiger partial charge in [0.2, 0.25) is 0 Å². The lowest BCUT2D eigenvalue weighted by Crippen LogP contribution is -2.36. The normalized spacial score (nSPS) is 16.4. The van der Waals surface area contributed by atoms with Gasteiger partial charge in [-0.3, -0.25) is 9.69 Å². The van der Waals surface area contributed by atoms with Crippen LogP contribution in [0.1, 0.15) is 22.3 Å². The summed E-state index contributed by atoms with van der Waals surface area (Å²) in [5, 5.41) is -1.25. The summed E-state index contributed by atoms with van der Waals surface area (Å²) in [6.45, 7) is 2.56. The maximum absolute atomic E-state index is 13.0. The van der Waals surface area contributed by atoms with E-state index in [-0.39, 0.29) is 6.54 Å². The Kier molecular flexibility index (Phi) is 6.23. The molecular formula is C19H20F3N3O3S. The van der Waals surface area contributed by atoms with Crippen molar-refractivity contribution in [2.24, 2.45) is 0 Å². The number of sulfone groups is 1. The third-order valence-electron chi connectivity index (χ3n) is 4.69. The van der Waals surface area contributed by atoms with Crippen molar-refractivity contribution in [1.82, 2.24) is 14.8 Å². The summed E-state index contributed by atoms with van der Waals surface area (Å²) >= 11 is 0. The number of pyridine rings is 1. The number of amides is 1. The lowest BCUT2D eigenvalue weighted by molar-refractivity contribution is -0.0438. The second-order valence-electron chi connectivity index (χ2n) is 6.71. The maximum atomic E-state index is 13.0. The molecule has 2 aromatic rings. The predicted octanol–water partition coefficient (Wildman–Crippen LogP) is 2.72. The Morgan fingerprint density at radius 1 is 1.00 bits per heavy atom. The molecule has 3 rings (SSSR count). The molecule has 0 unspecified atom stereocenters. The van der Waals surface area contributed by atoms with E-state index in [1.54, 1.807) is 0 Å². The molecule has 0 atom stereocenters. The van der Waals surface area contributed by atoms with Gasteiger partial charge in [-0.25, -0.2) is 13.4 Å². The van der Waals surface area contributed by atoms with E-state index >= 15 is 0 Å². The highest BCUT2D eigenvalue weighted by Crippen LogP contribution is 2.31. The summed E-state index contributed by atoms with van der Waals surface area (Å²) in [7, 11) is -5.72. The topological polar surface area (TPSA) is 70.6 Å². The quantitative estimate of drug-likeness (QED) is 0.751. The van der Waals surface area contributed by atoms with Crippen LogP contribution in [0.5, 0.6) is 0 Å². The Morgan fingerprint density at radius 3 is 2.41 bits per heavy atom. The fraction of sp³-hybridized carbons (Fsp3) is 0.368. The number of nitrogens with zero attached hydrogens (tertiary/aromatic N) is 3. The van der Waals surface area contributed by atoms with Gasteiger partial charge in [0.05, 0.1) is 5.56 Å². The zero-order valence-electron chi connectivity index (χ0n) is 15.5. The molecular weight excluding hydrogens is 407 g/mol. The van der Waals surface area contributed by atoms with Crippen molar-refractivity contribution in [1.29, 1.82) is 0 Å². The molecule has 6 nitrogen and oxygen atoms in total. The van der Waals surface area contributed by atoms with E-state index in [1.807, 2.05) is 30.3 Å². The number of carbonyl (C=O) groups is 1. The number of carbonyl (C=O) groups excluding carboxylic acids is 1. The molecule has 0 saturated carbocycles. The van der Waals surface area contributed by atoms with E-state index < -0.39 is 31.8 Å². The van der Waals surface area contributed by atoms with Crippen LogP contribution < -0.4 is 0 Å². The number of hydrogen-bond donors (Lipinski definition) is 0. The summed E-state index contributed by atoms with van der Waals surface area (Å²) in [6.07, 6.45) is 1.56. The lowest BCUT2D eigenvalue weighted by atomic mass is 10.2. The van der Waals surface area contributed by atoms with Crippen molar-refractivity contribution >= 4 is 15.7 Å². The molecule has 1 aromatic heterocycles. The molecule has 1 saturated heterocycles. The van der Waals surface area contributed by atoms with Crippen LogP contribution in [0.3, 0.4) is 0 Å². The van der Waals surface area contributed by atoms with Crippen molar-refractivity contribution in [3.05, 3.63) is 59.8 Å². The minimum absolute atomic E-state index is 0.284. The van der Waals surface area contributed by atoms with Crippen LogP contribution in [0, 0.1) is 0 Å². The van der Waals surface area contributed by atoms with E-state index in [1.165, 1.54) is 11.0 Å². The van der Waals surface area contributed by atoms with Crippen LogP contribution in [-0.4, -0.2) is 60.8 Å². The molecule has 1 aromatic carbocycles. The fourth-order valence-corrected chi connectivity index (χ4v) is 4.09. The smallest absolute Gasteiger partial charge is 0.337 e. The van der Waals surface area contributed by atoms with E-state index in [9.17, 15) is 26.4 Å². The van der Waals surface area contributed by atoms with Crippen LogP contribution in [0.15, 0.2) is 53.7 Å². The summed E-state index contributed by atoms with van der Waals surface area (Å²) in [5.74, 6) is -0.762. The van der Waals surface area contributed by atoms with Gasteiger partial charge in [0.1, 0.15) is 0 Å². The maximum Gasteiger partial charge on any atom is 0.503 e. The average molecular weight is 427 g/mol. The highest BCUT2D eigenvalue weighted by Gasteiger charge is 2.49. The lowest BCUT2D eigenvalue weighted by Gasteiger charge is -2.23. The summed E-state index contributed by atoms with van der Waals surface area (Å²) in [6, 6.07) is 12.1. The number of benzene rings is 1. The number of alkyl halides is 3. The first-order valence-corrected chi connectivity index (χ1v) is 10.5. The zero-order valence-corrected chi connectivity index (χ0v) is 16.3. The molecule has 10 heteroatoms. The molecule has 1 aliphatic rings. The van der Waals surface area contributed by atoms with Gasteiger partial charge >= 0.3 is 5.51 Å². The van der Waals surface area contributed by atoms with Gasteiger partial charge in [0.25, 0.3) is 15.7 Å². The van der Waals surface area contributed by atoms with Gasteiger partial charge in [-0.05, 0) is 24.1 Å². The molecule has 2 heterocycles. The minimum atomic E-state index is -5.72. The Bertz CT molecular complexity index is 965. The average Bonchev–Trinajstić information content (AvgIpc) is 2.93. The molecule has 0 aliphatic carbocycles. The Labute approximate surface area is 166 Å². The second-order valence-corrected chi connectivity index (χ2v) is 8.57. The monoisotopic (exact) mass is 427 g/mol. The van der Waals surface area contributed by atoms with Crippen LogP contribution in [0.25, 0.3) is 0 Å². The third-order valence-corrected chi connectivity index (χ3v) is 6.13. The third kappa shape index (κ3) is 4.76. The van der Waals surface area contributed by atoms with Crippen molar-refractivity contribution in [2.45, 2.75) is 23.5 Å². The molecule has 156 valence electrons. The second kappa shape index (κ2) is 8.50. The predicted molar refractivity (Wildman–Crippen MR) is 99.7 cm³/mol.